The molecule has 0 fully saturated rings. The molecule has 0 aliphatic rings. The Labute approximate surface area is 127 Å². The van der Waals surface area contributed by atoms with Crippen molar-refractivity contribution in [3.63, 3.8) is 0 Å². The fourth-order valence-electron chi connectivity index (χ4n) is 1.56. The Bertz CT molecular complexity index is 485. The van der Waals surface area contributed by atoms with Crippen molar-refractivity contribution in [3.05, 3.63) is 41.5 Å². The fraction of sp³-hybridized carbons (Fsp3) is 0.533. The molecule has 0 amide bonds. The molecule has 0 saturated heterocycles. The van der Waals surface area contributed by atoms with E-state index in [-0.39, 0.29) is 15.8 Å². The Kier molecular flexibility index (Phi) is 5.52. The van der Waals surface area contributed by atoms with E-state index in [9.17, 15) is 4.39 Å². The van der Waals surface area contributed by atoms with Gasteiger partial charge in [0.15, 0.2) is 14.1 Å². The zero-order valence-corrected chi connectivity index (χ0v) is 14.6. The summed E-state index contributed by atoms with van der Waals surface area (Å²) in [6.07, 6.45) is 3.30. The Hall–Kier alpha value is -0.713. The molecule has 0 aromatic carbocycles. The normalized spacial score (nSPS) is 14.2. The van der Waals surface area contributed by atoms with Crippen molar-refractivity contribution in [1.29, 1.82) is 0 Å². The molecule has 1 aromatic heterocycles. The van der Waals surface area contributed by atoms with E-state index in [0.717, 1.165) is 0 Å². The van der Waals surface area contributed by atoms with Gasteiger partial charge < -0.3 is 4.43 Å². The fourth-order valence-corrected chi connectivity index (χ4v) is 2.98. The highest BCUT2D eigenvalue weighted by atomic mass is 35.5. The summed E-state index contributed by atoms with van der Waals surface area (Å²) in [6, 6.07) is 1.44. The Morgan fingerprint density at radius 1 is 1.50 bits per heavy atom. The van der Waals surface area contributed by atoms with Crippen LogP contribution in [0.25, 0.3) is 0 Å². The van der Waals surface area contributed by atoms with Gasteiger partial charge in [-0.2, -0.15) is 0 Å². The van der Waals surface area contributed by atoms with Crippen LogP contribution >= 0.6 is 11.6 Å². The minimum Gasteiger partial charge on any atom is -0.408 e. The summed E-state index contributed by atoms with van der Waals surface area (Å²) in [5.41, 5.74) is 0.266. The van der Waals surface area contributed by atoms with E-state index >= 15 is 0 Å². The quantitative estimate of drug-likeness (QED) is 0.527. The van der Waals surface area contributed by atoms with Gasteiger partial charge in [0.1, 0.15) is 5.69 Å². The van der Waals surface area contributed by atoms with Crippen LogP contribution in [-0.4, -0.2) is 13.3 Å². The molecular formula is C15H23ClFNOSi. The lowest BCUT2D eigenvalue weighted by Gasteiger charge is -2.39. The molecule has 5 heteroatoms. The van der Waals surface area contributed by atoms with Gasteiger partial charge in [-0.25, -0.2) is 4.39 Å². The maximum Gasteiger partial charge on any atom is 0.193 e. The zero-order chi connectivity index (χ0) is 15.6. The zero-order valence-electron chi connectivity index (χ0n) is 12.8. The number of rotatable bonds is 5. The van der Waals surface area contributed by atoms with Crippen LogP contribution in [0.3, 0.4) is 0 Å². The average molecular weight is 316 g/mol. The maximum absolute atomic E-state index is 14.2. The van der Waals surface area contributed by atoms with Crippen LogP contribution in [0.1, 0.15) is 39.0 Å². The maximum atomic E-state index is 14.2. The van der Waals surface area contributed by atoms with Gasteiger partial charge in [0.25, 0.3) is 0 Å². The van der Waals surface area contributed by atoms with Crippen molar-refractivity contribution in [2.75, 3.05) is 0 Å². The minimum absolute atomic E-state index is 0.0431. The molecule has 1 unspecified atom stereocenters. The largest absolute Gasteiger partial charge is 0.408 e. The van der Waals surface area contributed by atoms with Gasteiger partial charge in [-0.05, 0) is 30.6 Å². The van der Waals surface area contributed by atoms with Crippen LogP contribution in [0.4, 0.5) is 4.39 Å². The third-order valence-electron chi connectivity index (χ3n) is 3.80. The van der Waals surface area contributed by atoms with E-state index in [2.05, 4.69) is 45.4 Å². The molecule has 1 aromatic rings. The van der Waals surface area contributed by atoms with E-state index in [4.69, 9.17) is 16.0 Å². The number of aromatic nitrogens is 1. The molecule has 0 bridgehead atoms. The van der Waals surface area contributed by atoms with Crippen molar-refractivity contribution in [2.45, 2.75) is 51.4 Å². The summed E-state index contributed by atoms with van der Waals surface area (Å²) < 4.78 is 20.4. The highest BCUT2D eigenvalue weighted by molar-refractivity contribution is 6.74. The molecule has 112 valence electrons. The van der Waals surface area contributed by atoms with E-state index in [1.165, 1.54) is 12.3 Å². The first-order valence-corrected chi connectivity index (χ1v) is 9.97. The summed E-state index contributed by atoms with van der Waals surface area (Å²) in [4.78, 5) is 4.11. The molecule has 0 aliphatic carbocycles. The molecule has 0 saturated carbocycles. The van der Waals surface area contributed by atoms with Crippen molar-refractivity contribution in [1.82, 2.24) is 4.98 Å². The van der Waals surface area contributed by atoms with Crippen LogP contribution in [0.15, 0.2) is 24.9 Å². The van der Waals surface area contributed by atoms with Gasteiger partial charge in [-0.15, -0.1) is 6.58 Å². The number of hydrogen-bond acceptors (Lipinski definition) is 2. The molecule has 0 radical (unpaired) electrons. The molecular weight excluding hydrogens is 293 g/mol. The van der Waals surface area contributed by atoms with Crippen LogP contribution in [0.2, 0.25) is 23.2 Å². The molecule has 2 nitrogen and oxygen atoms in total. The van der Waals surface area contributed by atoms with E-state index in [1.807, 2.05) is 0 Å². The summed E-state index contributed by atoms with van der Waals surface area (Å²) >= 11 is 5.83. The van der Waals surface area contributed by atoms with Crippen molar-refractivity contribution in [2.24, 2.45) is 0 Å². The van der Waals surface area contributed by atoms with Crippen molar-refractivity contribution >= 4 is 19.9 Å². The van der Waals surface area contributed by atoms with Gasteiger partial charge in [0.05, 0.1) is 11.1 Å². The highest BCUT2D eigenvalue weighted by Crippen LogP contribution is 2.40. The first-order chi connectivity index (χ1) is 9.10. The Balaban J connectivity index is 3.13. The number of halogens is 2. The Morgan fingerprint density at radius 3 is 2.60 bits per heavy atom. The molecule has 1 rings (SSSR count). The van der Waals surface area contributed by atoms with E-state index < -0.39 is 20.2 Å². The highest BCUT2D eigenvalue weighted by Gasteiger charge is 2.40. The molecule has 0 N–H and O–H groups in total. The predicted molar refractivity (Wildman–Crippen MR) is 85.0 cm³/mol. The van der Waals surface area contributed by atoms with Gasteiger partial charge in [0, 0.05) is 6.20 Å². The second-order valence-electron chi connectivity index (χ2n) is 6.38. The lowest BCUT2D eigenvalue weighted by molar-refractivity contribution is 0.177. The van der Waals surface area contributed by atoms with Crippen LogP contribution in [0.5, 0.6) is 0 Å². The van der Waals surface area contributed by atoms with Gasteiger partial charge >= 0.3 is 0 Å². The monoisotopic (exact) mass is 315 g/mol. The third kappa shape index (κ3) is 3.90. The lowest BCUT2D eigenvalue weighted by Crippen LogP contribution is -2.42. The number of nitrogens with zero attached hydrogens (tertiary/aromatic N) is 1. The summed E-state index contributed by atoms with van der Waals surface area (Å²) in [6.45, 7) is 14.4. The van der Waals surface area contributed by atoms with E-state index in [0.29, 0.717) is 6.42 Å². The predicted octanol–water partition coefficient (Wildman–Crippen LogP) is 5.51. The molecule has 20 heavy (non-hydrogen) atoms. The summed E-state index contributed by atoms with van der Waals surface area (Å²) in [5.74, 6) is -0.500. The molecule has 0 spiro atoms. The topological polar surface area (TPSA) is 22.1 Å². The standard InChI is InChI=1S/C15H23ClFNOSi/c1-7-8-12(19-20(5,6)15(2,3)4)14-13(17)11(16)9-10-18-14/h7,9-10,12H,1,8H2,2-6H3. The van der Waals surface area contributed by atoms with Crippen LogP contribution < -0.4 is 0 Å². The smallest absolute Gasteiger partial charge is 0.193 e. The van der Waals surface area contributed by atoms with Crippen LogP contribution in [0, 0.1) is 5.82 Å². The number of pyridine rings is 1. The van der Waals surface area contributed by atoms with E-state index in [1.54, 1.807) is 6.08 Å². The van der Waals surface area contributed by atoms with Gasteiger partial charge in [-0.1, -0.05) is 38.4 Å². The third-order valence-corrected chi connectivity index (χ3v) is 8.58. The SMILES string of the molecule is C=CCC(O[Si](C)(C)C(C)(C)C)c1nccc(Cl)c1F. The second-order valence-corrected chi connectivity index (χ2v) is 11.5. The molecule has 1 heterocycles. The van der Waals surface area contributed by atoms with Crippen LogP contribution in [-0.2, 0) is 4.43 Å². The van der Waals surface area contributed by atoms with Crippen molar-refractivity contribution in [3.8, 4) is 0 Å². The van der Waals surface area contributed by atoms with Gasteiger partial charge in [0.2, 0.25) is 0 Å². The second kappa shape index (κ2) is 6.37. The Morgan fingerprint density at radius 2 is 2.10 bits per heavy atom. The summed E-state index contributed by atoms with van der Waals surface area (Å²) in [7, 11) is -2.03. The first kappa shape index (κ1) is 17.3. The summed E-state index contributed by atoms with van der Waals surface area (Å²) in [5, 5.41) is 0.115. The molecule has 0 aliphatic heterocycles. The lowest BCUT2D eigenvalue weighted by atomic mass is 10.1. The number of hydrogen-bond donors (Lipinski definition) is 0. The van der Waals surface area contributed by atoms with Crippen molar-refractivity contribution < 1.29 is 8.82 Å². The average Bonchev–Trinajstić information content (AvgIpc) is 2.30. The molecule has 1 atom stereocenters. The van der Waals surface area contributed by atoms with Gasteiger partial charge in [-0.3, -0.25) is 4.98 Å². The first-order valence-electron chi connectivity index (χ1n) is 6.69. The minimum atomic E-state index is -2.03.